The normalized spacial score (nSPS) is 14.7. The number of hydrogen-bond donors (Lipinski definition) is 3. The van der Waals surface area contributed by atoms with E-state index in [0.29, 0.717) is 42.3 Å². The van der Waals surface area contributed by atoms with Crippen molar-refractivity contribution in [3.8, 4) is 16.9 Å². The first kappa shape index (κ1) is 25.9. The van der Waals surface area contributed by atoms with Crippen molar-refractivity contribution < 1.29 is 14.4 Å². The van der Waals surface area contributed by atoms with Crippen LogP contribution >= 0.6 is 11.6 Å². The van der Waals surface area contributed by atoms with E-state index in [9.17, 15) is 14.4 Å². The third-order valence-electron chi connectivity index (χ3n) is 6.43. The molecule has 1 aliphatic heterocycles. The van der Waals surface area contributed by atoms with Gasteiger partial charge in [0.05, 0.1) is 22.0 Å². The van der Waals surface area contributed by atoms with Gasteiger partial charge in [-0.1, -0.05) is 41.9 Å². The van der Waals surface area contributed by atoms with E-state index < -0.39 is 11.8 Å². The van der Waals surface area contributed by atoms with E-state index in [4.69, 9.17) is 17.3 Å². The number of likely N-dealkylation sites (tertiary alicyclic amines) is 1. The Morgan fingerprint density at radius 2 is 1.79 bits per heavy atom. The van der Waals surface area contributed by atoms with Crippen LogP contribution in [0.15, 0.2) is 72.8 Å². The maximum absolute atomic E-state index is 13.4. The fraction of sp³-hybridized carbons (Fsp3) is 0.179. The van der Waals surface area contributed by atoms with Crippen molar-refractivity contribution in [1.82, 2.24) is 25.0 Å². The number of para-hydroxylation sites is 1. The molecule has 0 aliphatic carbocycles. The van der Waals surface area contributed by atoms with Crippen LogP contribution in [0.3, 0.4) is 0 Å². The van der Waals surface area contributed by atoms with Crippen LogP contribution in [0.2, 0.25) is 5.02 Å². The topological polar surface area (TPSA) is 135 Å². The molecule has 1 aliphatic rings. The van der Waals surface area contributed by atoms with Crippen molar-refractivity contribution in [3.05, 3.63) is 89.1 Å². The Balaban J connectivity index is 1.42. The third-order valence-corrected chi connectivity index (χ3v) is 6.76. The summed E-state index contributed by atoms with van der Waals surface area (Å²) in [6.07, 6.45) is 0.658. The zero-order valence-electron chi connectivity index (χ0n) is 21.1. The number of carbonyl (C=O) groups is 3. The second-order valence-corrected chi connectivity index (χ2v) is 9.59. The number of rotatable bonds is 6. The Morgan fingerprint density at radius 1 is 1.00 bits per heavy atom. The van der Waals surface area contributed by atoms with E-state index >= 15 is 0 Å². The van der Waals surface area contributed by atoms with Crippen LogP contribution in [0, 0.1) is 0 Å². The largest absolute Gasteiger partial charge is 0.384 e. The molecule has 1 fully saturated rings. The summed E-state index contributed by atoms with van der Waals surface area (Å²) in [5.74, 6) is -0.264. The molecule has 0 saturated carbocycles. The number of aromatic nitrogens is 3. The third kappa shape index (κ3) is 5.75. The Bertz CT molecular complexity index is 1550. The van der Waals surface area contributed by atoms with E-state index in [-0.39, 0.29) is 34.0 Å². The van der Waals surface area contributed by atoms with Gasteiger partial charge in [0.15, 0.2) is 5.69 Å². The van der Waals surface area contributed by atoms with Crippen molar-refractivity contribution >= 4 is 41.0 Å². The summed E-state index contributed by atoms with van der Waals surface area (Å²) in [6.45, 7) is 2.54. The molecule has 0 unspecified atom stereocenters. The van der Waals surface area contributed by atoms with Gasteiger partial charge in [0.1, 0.15) is 11.6 Å². The minimum absolute atomic E-state index is 0.0284. The molecule has 10 nitrogen and oxygen atoms in total. The number of benzene rings is 2. The number of nitrogen functional groups attached to an aromatic ring is 1. The molecule has 3 amide bonds. The first-order valence-electron chi connectivity index (χ1n) is 12.3. The highest BCUT2D eigenvalue weighted by Gasteiger charge is 2.27. The summed E-state index contributed by atoms with van der Waals surface area (Å²) in [6, 6.07) is 20.7. The van der Waals surface area contributed by atoms with Gasteiger partial charge in [-0.2, -0.15) is 5.10 Å². The summed E-state index contributed by atoms with van der Waals surface area (Å²) in [5, 5.41) is 10.5. The van der Waals surface area contributed by atoms with Crippen molar-refractivity contribution in [1.29, 1.82) is 0 Å². The number of carbonyl (C=O) groups excluding carboxylic acids is 3. The Morgan fingerprint density at radius 3 is 2.51 bits per heavy atom. The molecular formula is C28H26ClN7O3. The lowest BCUT2D eigenvalue weighted by Gasteiger charge is -2.14. The lowest BCUT2D eigenvalue weighted by atomic mass is 10.1. The highest BCUT2D eigenvalue weighted by molar-refractivity contribution is 6.34. The van der Waals surface area contributed by atoms with Gasteiger partial charge in [-0.3, -0.25) is 14.4 Å². The average Bonchev–Trinajstić information content (AvgIpc) is 3.57. The zero-order valence-corrected chi connectivity index (χ0v) is 21.9. The van der Waals surface area contributed by atoms with Crippen LogP contribution < -0.4 is 16.4 Å². The molecule has 4 aromatic rings. The molecule has 2 aromatic carbocycles. The van der Waals surface area contributed by atoms with Crippen LogP contribution in [0.4, 0.5) is 11.6 Å². The number of hydrogen-bond acceptors (Lipinski definition) is 6. The number of nitrogens with one attached hydrogen (secondary N) is 2. The minimum Gasteiger partial charge on any atom is -0.384 e. The molecule has 3 heterocycles. The fourth-order valence-electron chi connectivity index (χ4n) is 4.43. The van der Waals surface area contributed by atoms with Gasteiger partial charge < -0.3 is 21.3 Å². The predicted octanol–water partition coefficient (Wildman–Crippen LogP) is 3.77. The monoisotopic (exact) mass is 543 g/mol. The summed E-state index contributed by atoms with van der Waals surface area (Å²) >= 11 is 6.40. The predicted molar refractivity (Wildman–Crippen MR) is 149 cm³/mol. The van der Waals surface area contributed by atoms with Crippen molar-refractivity contribution in [3.63, 3.8) is 0 Å². The summed E-state index contributed by atoms with van der Waals surface area (Å²) in [5.41, 5.74) is 8.09. The molecule has 0 spiro atoms. The second-order valence-electron chi connectivity index (χ2n) is 9.18. The second kappa shape index (κ2) is 11.0. The van der Waals surface area contributed by atoms with Crippen LogP contribution in [0.25, 0.3) is 16.9 Å². The molecule has 39 heavy (non-hydrogen) atoms. The van der Waals surface area contributed by atoms with Crippen molar-refractivity contribution in [2.75, 3.05) is 24.1 Å². The van der Waals surface area contributed by atoms with Crippen LogP contribution in [0.1, 0.15) is 34.2 Å². The van der Waals surface area contributed by atoms with Crippen molar-refractivity contribution in [2.24, 2.45) is 0 Å². The molecule has 198 valence electrons. The van der Waals surface area contributed by atoms with E-state index in [2.05, 4.69) is 20.7 Å². The number of pyridine rings is 1. The maximum Gasteiger partial charge on any atom is 0.272 e. The SMILES string of the molecule is CC(=O)N1CC[C@H](NC(=O)c2cc(NC(=O)c3cc(-c4cccc(N)n4)ccc3Cl)n(-c3ccccc3)n2)C1. The van der Waals surface area contributed by atoms with E-state index in [1.54, 1.807) is 41.3 Å². The number of nitrogens with two attached hydrogens (primary N) is 1. The molecule has 0 bridgehead atoms. The van der Waals surface area contributed by atoms with Gasteiger partial charge in [0.25, 0.3) is 11.8 Å². The molecule has 11 heteroatoms. The lowest BCUT2D eigenvalue weighted by Crippen LogP contribution is -2.38. The highest BCUT2D eigenvalue weighted by atomic mass is 35.5. The summed E-state index contributed by atoms with van der Waals surface area (Å²) in [4.78, 5) is 44.1. The molecule has 1 saturated heterocycles. The highest BCUT2D eigenvalue weighted by Crippen LogP contribution is 2.26. The van der Waals surface area contributed by atoms with Gasteiger partial charge in [0, 0.05) is 37.7 Å². The van der Waals surface area contributed by atoms with E-state index in [1.165, 1.54) is 17.7 Å². The van der Waals surface area contributed by atoms with E-state index in [0.717, 1.165) is 0 Å². The molecule has 5 rings (SSSR count). The van der Waals surface area contributed by atoms with Gasteiger partial charge in [-0.05, 0) is 42.8 Å². The minimum atomic E-state index is -0.484. The zero-order chi connectivity index (χ0) is 27.5. The summed E-state index contributed by atoms with van der Waals surface area (Å²) < 4.78 is 1.49. The van der Waals surface area contributed by atoms with Crippen LogP contribution in [-0.4, -0.2) is 56.5 Å². The Kier molecular flexibility index (Phi) is 7.29. The molecule has 1 atom stereocenters. The molecule has 0 radical (unpaired) electrons. The number of halogens is 1. The number of nitrogens with zero attached hydrogens (tertiary/aromatic N) is 4. The fourth-order valence-corrected chi connectivity index (χ4v) is 4.63. The first-order valence-corrected chi connectivity index (χ1v) is 12.7. The van der Waals surface area contributed by atoms with Gasteiger partial charge in [0.2, 0.25) is 5.91 Å². The van der Waals surface area contributed by atoms with Crippen molar-refractivity contribution in [2.45, 2.75) is 19.4 Å². The maximum atomic E-state index is 13.4. The molecular weight excluding hydrogens is 518 g/mol. The molecule has 4 N–H and O–H groups in total. The Labute approximate surface area is 229 Å². The van der Waals surface area contributed by atoms with Gasteiger partial charge in [-0.25, -0.2) is 9.67 Å². The molecule has 2 aromatic heterocycles. The van der Waals surface area contributed by atoms with Gasteiger partial charge >= 0.3 is 0 Å². The Hall–Kier alpha value is -4.70. The quantitative estimate of drug-likeness (QED) is 0.339. The van der Waals surface area contributed by atoms with Gasteiger partial charge in [-0.15, -0.1) is 0 Å². The first-order chi connectivity index (χ1) is 18.8. The average molecular weight is 544 g/mol. The summed E-state index contributed by atoms with van der Waals surface area (Å²) in [7, 11) is 0. The van der Waals surface area contributed by atoms with Crippen LogP contribution in [0.5, 0.6) is 0 Å². The number of anilines is 2. The smallest absolute Gasteiger partial charge is 0.272 e. The lowest BCUT2D eigenvalue weighted by molar-refractivity contribution is -0.127. The number of amides is 3. The standard InChI is InChI=1S/C28H26ClN7O3/c1-17(37)35-13-12-19(16-35)31-28(39)24-15-26(36(34-24)20-6-3-2-4-7-20)33-27(38)21-14-18(10-11-22(21)29)23-8-5-9-25(30)32-23/h2-11,14-15,19H,12-13,16H2,1H3,(H2,30,32)(H,31,39)(H,33,38)/t19-/m0/s1. The van der Waals surface area contributed by atoms with E-state index in [1.807, 2.05) is 30.3 Å². The van der Waals surface area contributed by atoms with Crippen LogP contribution in [-0.2, 0) is 4.79 Å².